The van der Waals surface area contributed by atoms with Gasteiger partial charge in [-0.3, -0.25) is 57.5 Å². The molecule has 23 nitrogen and oxygen atoms in total. The zero-order valence-electron chi connectivity index (χ0n) is 33.2. The van der Waals surface area contributed by atoms with E-state index in [1.54, 1.807) is 6.92 Å². The maximum absolute atomic E-state index is 13.7. The van der Waals surface area contributed by atoms with Crippen molar-refractivity contribution in [3.8, 4) is 0 Å². The third-order valence-corrected chi connectivity index (χ3v) is 8.23. The lowest BCUT2D eigenvalue weighted by Crippen LogP contribution is -2.61. The van der Waals surface area contributed by atoms with Crippen molar-refractivity contribution in [3.05, 3.63) is 0 Å². The summed E-state index contributed by atoms with van der Waals surface area (Å²) in [6.45, 7) is 7.86. The molecule has 0 saturated heterocycles. The first-order chi connectivity index (χ1) is 26.9. The van der Waals surface area contributed by atoms with Crippen molar-refractivity contribution >= 4 is 71.0 Å². The molecule has 6 atom stereocenters. The number of amides is 7. The molecule has 0 saturated carbocycles. The van der Waals surface area contributed by atoms with Gasteiger partial charge in [-0.1, -0.05) is 41.0 Å². The lowest BCUT2D eigenvalue weighted by molar-refractivity contribution is -0.143. The molecule has 0 unspecified atom stereocenters. The minimum atomic E-state index is -1.62. The molecule has 0 aromatic carbocycles. The molecule has 0 spiro atoms. The number of rotatable bonds is 28. The number of ketones is 1. The summed E-state index contributed by atoms with van der Waals surface area (Å²) in [5.41, 5.74) is 0. The van der Waals surface area contributed by atoms with Crippen LogP contribution in [0.3, 0.4) is 0 Å². The van der Waals surface area contributed by atoms with Crippen molar-refractivity contribution in [2.45, 2.75) is 129 Å². The second-order valence-corrected chi connectivity index (χ2v) is 13.9. The number of Topliss-reactive ketones (excluding diaryl/α,β-unsaturated/α-hetero) is 1. The van der Waals surface area contributed by atoms with Crippen LogP contribution in [-0.2, 0) is 57.5 Å². The molecule has 23 heteroatoms. The van der Waals surface area contributed by atoms with Gasteiger partial charge in [0.1, 0.15) is 36.8 Å². The third kappa shape index (κ3) is 20.1. The summed E-state index contributed by atoms with van der Waals surface area (Å²) in [6, 6.07) is -8.96. The van der Waals surface area contributed by atoms with Gasteiger partial charge in [-0.25, -0.2) is 0 Å². The standard InChI is InChI=1S/C35H55N7O16/c1-7-8-19(29(52)35(58)36-15-26(50)51)38-31(54)21(10-13-24(46)47)40-33(56)27(16(2)3)42-34(57)28(17(4)5)41-32(55)22(11-14-25(48)49)39-30(53)20(37-18(6)43)9-12-23(44)45/h16-17,19-22,27-28H,7-15H2,1-6H3,(H,36,58)(H,37,43)(H,38,54)(H,39,53)(H,40,56)(H,41,55)(H,42,57)(H,44,45)(H,46,47)(H,48,49)(H,50,51)/t19-,20-,21-,22-,27-,28-/m0/s1. The molecule has 7 amide bonds. The van der Waals surface area contributed by atoms with Crippen LogP contribution >= 0.6 is 0 Å². The van der Waals surface area contributed by atoms with E-state index in [-0.39, 0.29) is 19.3 Å². The zero-order valence-corrected chi connectivity index (χ0v) is 33.2. The fourth-order valence-electron chi connectivity index (χ4n) is 5.19. The van der Waals surface area contributed by atoms with Crippen LogP contribution in [0.2, 0.25) is 0 Å². The minimum absolute atomic E-state index is 0.0842. The second-order valence-electron chi connectivity index (χ2n) is 13.9. The van der Waals surface area contributed by atoms with Crippen LogP contribution in [0.15, 0.2) is 0 Å². The summed E-state index contributed by atoms with van der Waals surface area (Å²) in [7, 11) is 0. The van der Waals surface area contributed by atoms with Gasteiger partial charge in [-0.2, -0.15) is 0 Å². The van der Waals surface area contributed by atoms with Gasteiger partial charge in [-0.05, 0) is 37.5 Å². The van der Waals surface area contributed by atoms with Crippen LogP contribution < -0.4 is 37.2 Å². The summed E-state index contributed by atoms with van der Waals surface area (Å²) < 4.78 is 0. The number of carboxylic acids is 4. The fourth-order valence-corrected chi connectivity index (χ4v) is 5.19. The van der Waals surface area contributed by atoms with E-state index in [0.29, 0.717) is 0 Å². The Balaban J connectivity index is 6.30. The molecule has 0 aliphatic rings. The van der Waals surface area contributed by atoms with E-state index < -0.39 is 158 Å². The molecule has 0 heterocycles. The fraction of sp³-hybridized carbons (Fsp3) is 0.657. The van der Waals surface area contributed by atoms with E-state index in [1.165, 1.54) is 27.7 Å². The number of carbonyl (C=O) groups excluding carboxylic acids is 8. The SMILES string of the molecule is CCC[C@H](NC(=O)[C@H](CCC(=O)O)NC(=O)[C@@H](NC(=O)[C@@H](NC(=O)[C@H](CCC(=O)O)NC(=O)[C@H](CCC(=O)O)NC(C)=O)C(C)C)C(C)C)C(=O)C(=O)NCC(=O)O. The first-order valence-corrected chi connectivity index (χ1v) is 18.4. The van der Waals surface area contributed by atoms with Gasteiger partial charge in [-0.15, -0.1) is 0 Å². The quantitative estimate of drug-likeness (QED) is 0.0360. The molecular formula is C35H55N7O16. The van der Waals surface area contributed by atoms with E-state index in [0.717, 1.165) is 6.92 Å². The van der Waals surface area contributed by atoms with Crippen LogP contribution in [-0.4, -0.2) is 134 Å². The van der Waals surface area contributed by atoms with E-state index in [4.69, 9.17) is 10.2 Å². The Morgan fingerprint density at radius 3 is 1.16 bits per heavy atom. The number of nitrogens with one attached hydrogen (secondary N) is 7. The summed E-state index contributed by atoms with van der Waals surface area (Å²) in [5.74, 6) is -15.0. The van der Waals surface area contributed by atoms with Gasteiger partial charge in [0.05, 0.1) is 6.04 Å². The Kier molecular flexibility index (Phi) is 23.1. The number of carbonyl (C=O) groups is 12. The van der Waals surface area contributed by atoms with Crippen LogP contribution in [0, 0.1) is 11.8 Å². The molecule has 0 aliphatic carbocycles. The van der Waals surface area contributed by atoms with Gasteiger partial charge >= 0.3 is 23.9 Å². The second kappa shape index (κ2) is 25.9. The molecule has 0 bridgehead atoms. The van der Waals surface area contributed by atoms with Gasteiger partial charge in [0.2, 0.25) is 41.2 Å². The average molecular weight is 830 g/mol. The Hall–Kier alpha value is -6.16. The molecule has 0 aromatic heterocycles. The van der Waals surface area contributed by atoms with Crippen LogP contribution in [0.5, 0.6) is 0 Å². The Bertz CT molecular complexity index is 1550. The lowest BCUT2D eigenvalue weighted by atomic mass is 9.98. The highest BCUT2D eigenvalue weighted by Crippen LogP contribution is 2.11. The van der Waals surface area contributed by atoms with E-state index in [1.807, 2.05) is 5.32 Å². The summed E-state index contributed by atoms with van der Waals surface area (Å²) in [5, 5.41) is 52.4. The van der Waals surface area contributed by atoms with Gasteiger partial charge in [0.25, 0.3) is 5.91 Å². The highest BCUT2D eigenvalue weighted by atomic mass is 16.4. The molecule has 11 N–H and O–H groups in total. The highest BCUT2D eigenvalue weighted by Gasteiger charge is 2.36. The first-order valence-electron chi connectivity index (χ1n) is 18.4. The maximum Gasteiger partial charge on any atom is 0.322 e. The topological polar surface area (TPSA) is 370 Å². The minimum Gasteiger partial charge on any atom is -0.481 e. The normalized spacial score (nSPS) is 13.9. The Labute approximate surface area is 333 Å². The molecule has 58 heavy (non-hydrogen) atoms. The number of aliphatic carboxylic acids is 4. The van der Waals surface area contributed by atoms with Crippen LogP contribution in [0.1, 0.15) is 92.9 Å². The van der Waals surface area contributed by atoms with Crippen molar-refractivity contribution < 1.29 is 78.0 Å². The maximum atomic E-state index is 13.7. The Morgan fingerprint density at radius 1 is 0.448 bits per heavy atom. The highest BCUT2D eigenvalue weighted by molar-refractivity contribution is 6.38. The summed E-state index contributed by atoms with van der Waals surface area (Å²) in [4.78, 5) is 148. The smallest absolute Gasteiger partial charge is 0.322 e. The van der Waals surface area contributed by atoms with Gasteiger partial charge in [0.15, 0.2) is 0 Å². The molecule has 0 rings (SSSR count). The molecule has 326 valence electrons. The first kappa shape index (κ1) is 51.8. The van der Waals surface area contributed by atoms with Crippen molar-refractivity contribution in [2.75, 3.05) is 6.54 Å². The summed E-state index contributed by atoms with van der Waals surface area (Å²) >= 11 is 0. The zero-order chi connectivity index (χ0) is 44.9. The molecular weight excluding hydrogens is 774 g/mol. The van der Waals surface area contributed by atoms with Gasteiger partial charge < -0.3 is 57.6 Å². The molecule has 0 aliphatic heterocycles. The summed E-state index contributed by atoms with van der Waals surface area (Å²) in [6.07, 6.45) is -2.99. The molecule has 0 aromatic rings. The largest absolute Gasteiger partial charge is 0.481 e. The molecule has 0 fully saturated rings. The third-order valence-electron chi connectivity index (χ3n) is 8.23. The van der Waals surface area contributed by atoms with E-state index in [2.05, 4.69) is 31.9 Å². The van der Waals surface area contributed by atoms with E-state index in [9.17, 15) is 67.7 Å². The predicted molar refractivity (Wildman–Crippen MR) is 198 cm³/mol. The van der Waals surface area contributed by atoms with Crippen molar-refractivity contribution in [3.63, 3.8) is 0 Å². The lowest BCUT2D eigenvalue weighted by Gasteiger charge is -2.30. The number of hydrogen-bond donors (Lipinski definition) is 11. The number of carboxylic acid groups (broad SMARTS) is 4. The monoisotopic (exact) mass is 829 g/mol. The van der Waals surface area contributed by atoms with Crippen LogP contribution in [0.4, 0.5) is 0 Å². The predicted octanol–water partition coefficient (Wildman–Crippen LogP) is -2.61. The molecule has 0 radical (unpaired) electrons. The van der Waals surface area contributed by atoms with Crippen molar-refractivity contribution in [1.29, 1.82) is 0 Å². The average Bonchev–Trinajstić information content (AvgIpc) is 3.11. The van der Waals surface area contributed by atoms with Crippen LogP contribution in [0.25, 0.3) is 0 Å². The van der Waals surface area contributed by atoms with E-state index >= 15 is 0 Å². The number of hydrogen-bond acceptors (Lipinski definition) is 12. The van der Waals surface area contributed by atoms with Crippen molar-refractivity contribution in [2.24, 2.45) is 11.8 Å². The van der Waals surface area contributed by atoms with Gasteiger partial charge in [0, 0.05) is 26.2 Å². The van der Waals surface area contributed by atoms with Crippen molar-refractivity contribution in [1.82, 2.24) is 37.2 Å². The Morgan fingerprint density at radius 2 is 0.793 bits per heavy atom.